The molecule has 2 atom stereocenters. The first kappa shape index (κ1) is 14.6. The highest BCUT2D eigenvalue weighted by Gasteiger charge is 2.31. The molecule has 0 aliphatic carbocycles. The monoisotopic (exact) mass is 328 g/mol. The maximum absolute atomic E-state index is 11.2. The van der Waals surface area contributed by atoms with Gasteiger partial charge in [0.15, 0.2) is 0 Å². The Bertz CT molecular complexity index is 714. The van der Waals surface area contributed by atoms with Gasteiger partial charge in [0.05, 0.1) is 21.1 Å². The van der Waals surface area contributed by atoms with Crippen LogP contribution in [0.5, 0.6) is 0 Å². The number of aliphatic carboxylic acids is 1. The number of carbonyl (C=O) groups is 1. The Kier molecular flexibility index (Phi) is 3.82. The van der Waals surface area contributed by atoms with Gasteiger partial charge >= 0.3 is 5.97 Å². The first-order chi connectivity index (χ1) is 9.97. The second-order valence-corrected chi connectivity index (χ2v) is 6.08. The molecule has 1 aromatic carbocycles. The lowest BCUT2D eigenvalue weighted by molar-refractivity contribution is -0.137. The lowest BCUT2D eigenvalue weighted by Crippen LogP contribution is -2.16. The summed E-state index contributed by atoms with van der Waals surface area (Å²) in [5, 5.41) is 9.93. The quantitative estimate of drug-likeness (QED) is 0.936. The predicted molar refractivity (Wildman–Crippen MR) is 79.9 cm³/mol. The third-order valence-corrected chi connectivity index (χ3v) is 4.48. The molecule has 21 heavy (non-hydrogen) atoms. The van der Waals surface area contributed by atoms with E-state index in [0.29, 0.717) is 39.4 Å². The number of benzene rings is 1. The van der Waals surface area contributed by atoms with E-state index in [1.807, 2.05) is 0 Å². The number of fused-ring (bicyclic) bond motifs is 1. The van der Waals surface area contributed by atoms with Gasteiger partial charge in [0.25, 0.3) is 0 Å². The van der Waals surface area contributed by atoms with E-state index >= 15 is 0 Å². The van der Waals surface area contributed by atoms with Crippen LogP contribution < -0.4 is 0 Å². The van der Waals surface area contributed by atoms with Gasteiger partial charge in [0.2, 0.25) is 0 Å². The SMILES string of the molecule is CC1CCOC1c1nc2cc(Cl)c(Cl)cc2n1CC(=O)O. The van der Waals surface area contributed by atoms with Crippen molar-refractivity contribution >= 4 is 40.2 Å². The minimum atomic E-state index is -0.938. The van der Waals surface area contributed by atoms with Crippen molar-refractivity contribution in [1.29, 1.82) is 0 Å². The lowest BCUT2D eigenvalue weighted by Gasteiger charge is -2.15. The van der Waals surface area contributed by atoms with Crippen molar-refractivity contribution in [1.82, 2.24) is 9.55 Å². The number of hydrogen-bond donors (Lipinski definition) is 1. The Morgan fingerprint density at radius 2 is 2.19 bits per heavy atom. The molecule has 0 amide bonds. The molecule has 2 heterocycles. The number of nitrogens with zero attached hydrogens (tertiary/aromatic N) is 2. The van der Waals surface area contributed by atoms with Gasteiger partial charge in [-0.25, -0.2) is 4.98 Å². The second kappa shape index (κ2) is 5.48. The van der Waals surface area contributed by atoms with Crippen molar-refractivity contribution in [2.75, 3.05) is 6.61 Å². The van der Waals surface area contributed by atoms with Crippen LogP contribution in [0.1, 0.15) is 25.3 Å². The van der Waals surface area contributed by atoms with E-state index < -0.39 is 5.97 Å². The smallest absolute Gasteiger partial charge is 0.323 e. The van der Waals surface area contributed by atoms with E-state index in [0.717, 1.165) is 6.42 Å². The molecule has 5 nitrogen and oxygen atoms in total. The number of hydrogen-bond acceptors (Lipinski definition) is 3. The number of ether oxygens (including phenoxy) is 1. The largest absolute Gasteiger partial charge is 0.480 e. The van der Waals surface area contributed by atoms with Crippen molar-refractivity contribution in [2.45, 2.75) is 26.0 Å². The van der Waals surface area contributed by atoms with E-state index in [9.17, 15) is 4.79 Å². The van der Waals surface area contributed by atoms with Gasteiger partial charge in [0, 0.05) is 6.61 Å². The number of halogens is 2. The number of rotatable bonds is 3. The van der Waals surface area contributed by atoms with Gasteiger partial charge in [-0.05, 0) is 24.5 Å². The first-order valence-corrected chi connectivity index (χ1v) is 7.41. The molecule has 1 saturated heterocycles. The molecule has 1 aliphatic rings. The van der Waals surface area contributed by atoms with E-state index in [-0.39, 0.29) is 12.6 Å². The van der Waals surface area contributed by atoms with E-state index in [4.69, 9.17) is 33.0 Å². The van der Waals surface area contributed by atoms with Crippen LogP contribution in [-0.4, -0.2) is 27.2 Å². The maximum Gasteiger partial charge on any atom is 0.323 e. The highest BCUT2D eigenvalue weighted by atomic mass is 35.5. The van der Waals surface area contributed by atoms with Crippen molar-refractivity contribution in [3.05, 3.63) is 28.0 Å². The Labute approximate surface area is 131 Å². The van der Waals surface area contributed by atoms with Gasteiger partial charge < -0.3 is 14.4 Å². The zero-order valence-corrected chi connectivity index (χ0v) is 12.9. The van der Waals surface area contributed by atoms with E-state index in [1.54, 1.807) is 16.7 Å². The zero-order valence-electron chi connectivity index (χ0n) is 11.3. The van der Waals surface area contributed by atoms with Crippen molar-refractivity contribution in [3.63, 3.8) is 0 Å². The van der Waals surface area contributed by atoms with E-state index in [2.05, 4.69) is 11.9 Å². The van der Waals surface area contributed by atoms with E-state index in [1.165, 1.54) is 0 Å². The minimum Gasteiger partial charge on any atom is -0.480 e. The highest BCUT2D eigenvalue weighted by Crippen LogP contribution is 2.36. The number of aromatic nitrogens is 2. The van der Waals surface area contributed by atoms with Crippen molar-refractivity contribution < 1.29 is 14.6 Å². The highest BCUT2D eigenvalue weighted by molar-refractivity contribution is 6.42. The standard InChI is InChI=1S/C14H14Cl2N2O3/c1-7-2-3-21-13(7)14-17-10-4-8(15)9(16)5-11(10)18(14)6-12(19)20/h4-5,7,13H,2-3,6H2,1H3,(H,19,20). The van der Waals surface area contributed by atoms with Crippen LogP contribution in [0.3, 0.4) is 0 Å². The molecule has 2 unspecified atom stereocenters. The Balaban J connectivity index is 2.19. The first-order valence-electron chi connectivity index (χ1n) is 6.66. The van der Waals surface area contributed by atoms with Crippen LogP contribution in [0.15, 0.2) is 12.1 Å². The normalized spacial score (nSPS) is 22.0. The molecule has 0 spiro atoms. The summed E-state index contributed by atoms with van der Waals surface area (Å²) in [4.78, 5) is 15.7. The molecular formula is C14H14Cl2N2O3. The topological polar surface area (TPSA) is 64.4 Å². The van der Waals surface area contributed by atoms with Gasteiger partial charge in [-0.2, -0.15) is 0 Å². The average molecular weight is 329 g/mol. The van der Waals surface area contributed by atoms with Crippen molar-refractivity contribution in [2.24, 2.45) is 5.92 Å². The van der Waals surface area contributed by atoms with Crippen LogP contribution in [0.2, 0.25) is 10.0 Å². The summed E-state index contributed by atoms with van der Waals surface area (Å²) >= 11 is 12.1. The van der Waals surface area contributed by atoms with Crippen molar-refractivity contribution in [3.8, 4) is 0 Å². The molecule has 7 heteroatoms. The summed E-state index contributed by atoms with van der Waals surface area (Å²) in [6, 6.07) is 3.30. The van der Waals surface area contributed by atoms with Gasteiger partial charge in [-0.3, -0.25) is 4.79 Å². The molecule has 0 saturated carbocycles. The third kappa shape index (κ3) is 2.61. The van der Waals surface area contributed by atoms with Crippen LogP contribution in [-0.2, 0) is 16.1 Å². The van der Waals surface area contributed by atoms with Crippen LogP contribution in [0.4, 0.5) is 0 Å². The van der Waals surface area contributed by atoms with Gasteiger partial charge in [-0.15, -0.1) is 0 Å². The molecule has 3 rings (SSSR count). The summed E-state index contributed by atoms with van der Waals surface area (Å²) < 4.78 is 7.37. The summed E-state index contributed by atoms with van der Waals surface area (Å²) in [6.07, 6.45) is 0.733. The Morgan fingerprint density at radius 3 is 2.81 bits per heavy atom. The zero-order chi connectivity index (χ0) is 15.1. The fraction of sp³-hybridized carbons (Fsp3) is 0.429. The molecule has 1 fully saturated rings. The molecule has 112 valence electrons. The Hall–Kier alpha value is -1.30. The number of carboxylic acid groups (broad SMARTS) is 1. The third-order valence-electron chi connectivity index (χ3n) is 3.76. The second-order valence-electron chi connectivity index (χ2n) is 5.26. The molecule has 0 radical (unpaired) electrons. The molecule has 2 aromatic rings. The van der Waals surface area contributed by atoms with Crippen LogP contribution in [0, 0.1) is 5.92 Å². The maximum atomic E-state index is 11.2. The van der Waals surface area contributed by atoms with Crippen LogP contribution >= 0.6 is 23.2 Å². The fourth-order valence-corrected chi connectivity index (χ4v) is 3.00. The predicted octanol–water partition coefficient (Wildman–Crippen LogP) is 3.53. The van der Waals surface area contributed by atoms with Crippen LogP contribution in [0.25, 0.3) is 11.0 Å². The lowest BCUT2D eigenvalue weighted by atomic mass is 10.0. The minimum absolute atomic E-state index is 0.184. The fourth-order valence-electron chi connectivity index (χ4n) is 2.68. The molecular weight excluding hydrogens is 315 g/mol. The Morgan fingerprint density at radius 1 is 1.48 bits per heavy atom. The van der Waals surface area contributed by atoms with Gasteiger partial charge in [-0.1, -0.05) is 30.1 Å². The summed E-state index contributed by atoms with van der Waals surface area (Å²) in [6.45, 7) is 2.54. The average Bonchev–Trinajstić information content (AvgIpc) is 2.95. The van der Waals surface area contributed by atoms with Gasteiger partial charge in [0.1, 0.15) is 18.5 Å². The summed E-state index contributed by atoms with van der Waals surface area (Å²) in [5.74, 6) is -0.0247. The molecule has 0 bridgehead atoms. The summed E-state index contributed by atoms with van der Waals surface area (Å²) in [5.41, 5.74) is 1.29. The summed E-state index contributed by atoms with van der Waals surface area (Å²) in [7, 11) is 0. The number of imidazole rings is 1. The molecule has 1 N–H and O–H groups in total. The number of carboxylic acids is 1. The molecule has 1 aromatic heterocycles. The molecule has 1 aliphatic heterocycles.